The summed E-state index contributed by atoms with van der Waals surface area (Å²) in [5, 5.41) is 25.5. The van der Waals surface area contributed by atoms with Crippen molar-refractivity contribution in [3.8, 4) is 28.2 Å². The van der Waals surface area contributed by atoms with E-state index in [1.54, 1.807) is 138 Å². The number of azide groups is 1. The van der Waals surface area contributed by atoms with Crippen LogP contribution in [-0.2, 0) is 25.6 Å². The number of amides is 2. The molecule has 0 bridgehead atoms. The van der Waals surface area contributed by atoms with Crippen LogP contribution in [0.5, 0.6) is 0 Å². The second-order valence-corrected chi connectivity index (χ2v) is 17.4. The second-order valence-electron chi connectivity index (χ2n) is 17.4. The molecule has 0 unspecified atom stereocenters. The van der Waals surface area contributed by atoms with E-state index in [0.717, 1.165) is 4.57 Å². The van der Waals surface area contributed by atoms with Gasteiger partial charge in [-0.3, -0.25) is 10.6 Å². The fourth-order valence-corrected chi connectivity index (χ4v) is 5.09. The highest BCUT2D eigenvalue weighted by molar-refractivity contribution is 5.90. The molecule has 3 aromatic heterocycles. The summed E-state index contributed by atoms with van der Waals surface area (Å²) in [6.07, 6.45) is 1.60. The first-order chi connectivity index (χ1) is 28.8. The molecule has 0 aliphatic heterocycles. The van der Waals surface area contributed by atoms with Crippen molar-refractivity contribution >= 4 is 42.0 Å². The average molecular weight is 857 g/mol. The van der Waals surface area contributed by atoms with Gasteiger partial charge in [0.1, 0.15) is 28.1 Å². The molecule has 0 spiro atoms. The maximum absolute atomic E-state index is 13.0. The molecule has 62 heavy (non-hydrogen) atoms. The first kappa shape index (κ1) is 47.4. The topological polar surface area (TPSA) is 265 Å². The van der Waals surface area contributed by atoms with E-state index in [1.807, 2.05) is 0 Å². The minimum absolute atomic E-state index is 0.0264. The summed E-state index contributed by atoms with van der Waals surface area (Å²) in [6, 6.07) is 13.6. The number of hydrogen-bond acceptors (Lipinski definition) is 14. The summed E-state index contributed by atoms with van der Waals surface area (Å²) in [5.74, 6) is -0.0657. The number of hydrogen-bond donors (Lipinski definition) is 3. The minimum atomic E-state index is -0.761. The molecule has 0 fully saturated rings. The average Bonchev–Trinajstić information content (AvgIpc) is 3.88. The third-order valence-electron chi connectivity index (χ3n) is 7.35. The molecular weight excluding hydrogens is 805 g/mol. The molecule has 0 aliphatic rings. The monoisotopic (exact) mass is 856 g/mol. The van der Waals surface area contributed by atoms with Gasteiger partial charge in [0.05, 0.1) is 42.3 Å². The van der Waals surface area contributed by atoms with Gasteiger partial charge in [0.15, 0.2) is 0 Å². The van der Waals surface area contributed by atoms with E-state index in [-0.39, 0.29) is 18.5 Å². The number of imidazole rings is 2. The van der Waals surface area contributed by atoms with Gasteiger partial charge in [0.2, 0.25) is 11.9 Å². The number of anilines is 2. The Morgan fingerprint density at radius 2 is 1.06 bits per heavy atom. The molecule has 2 aromatic carbocycles. The van der Waals surface area contributed by atoms with Crippen LogP contribution in [0.25, 0.3) is 38.6 Å². The van der Waals surface area contributed by atoms with Gasteiger partial charge in [-0.25, -0.2) is 43.0 Å². The number of rotatable bonds is 7. The number of benzene rings is 2. The van der Waals surface area contributed by atoms with Gasteiger partial charge in [-0.05, 0) is 101 Å². The SMILES string of the molecule is CC(C)(C)OC(=O)Nc1ncc(-c2ccc(-n3cc(CO)nn3)cc2)n1C(=O)OC(C)(C)C.CC(C)(C)OC(=O)Nc1ncc(-c2ccc(N=[N+]=[N-])cc2)n1C(=O)OC(C)(C)C. The molecule has 21 nitrogen and oxygen atoms in total. The van der Waals surface area contributed by atoms with E-state index in [2.05, 4.69) is 40.9 Å². The number of nitrogens with one attached hydrogen (secondary N) is 2. The maximum Gasteiger partial charge on any atom is 0.421 e. The Balaban J connectivity index is 0.000000275. The van der Waals surface area contributed by atoms with E-state index in [9.17, 15) is 24.3 Å². The summed E-state index contributed by atoms with van der Waals surface area (Å²) in [4.78, 5) is 61.3. The fraction of sp³-hybridized carbons (Fsp3) is 0.415. The Kier molecular flexibility index (Phi) is 14.5. The lowest BCUT2D eigenvalue weighted by Crippen LogP contribution is -2.31. The van der Waals surface area contributed by atoms with Crippen LogP contribution in [-0.4, -0.2) is 86.0 Å². The van der Waals surface area contributed by atoms with Gasteiger partial charge in [0, 0.05) is 21.7 Å². The molecule has 0 atom stereocenters. The number of carbonyl (C=O) groups is 4. The van der Waals surface area contributed by atoms with E-state index in [0.29, 0.717) is 39.6 Å². The molecule has 0 saturated heterocycles. The van der Waals surface area contributed by atoms with Crippen molar-refractivity contribution in [3.05, 3.63) is 83.3 Å². The molecule has 0 radical (unpaired) electrons. The van der Waals surface area contributed by atoms with E-state index in [4.69, 9.17) is 24.5 Å². The Hall–Kier alpha value is -7.25. The largest absolute Gasteiger partial charge is 0.444 e. The Labute approximate surface area is 358 Å². The summed E-state index contributed by atoms with van der Waals surface area (Å²) < 4.78 is 25.3. The molecule has 0 saturated carbocycles. The predicted molar refractivity (Wildman–Crippen MR) is 228 cm³/mol. The molecular formula is C41H52N12O9. The predicted octanol–water partition coefficient (Wildman–Crippen LogP) is 9.38. The smallest absolute Gasteiger partial charge is 0.421 e. The Morgan fingerprint density at radius 3 is 1.42 bits per heavy atom. The lowest BCUT2D eigenvalue weighted by atomic mass is 10.1. The Bertz CT molecular complexity index is 2420. The van der Waals surface area contributed by atoms with Crippen molar-refractivity contribution in [2.45, 2.75) is 112 Å². The summed E-state index contributed by atoms with van der Waals surface area (Å²) >= 11 is 0. The van der Waals surface area contributed by atoms with Crippen LogP contribution in [0, 0.1) is 0 Å². The first-order valence-corrected chi connectivity index (χ1v) is 19.2. The lowest BCUT2D eigenvalue weighted by molar-refractivity contribution is 0.0526. The molecule has 0 aliphatic carbocycles. The van der Waals surface area contributed by atoms with Crippen molar-refractivity contribution < 1.29 is 43.2 Å². The highest BCUT2D eigenvalue weighted by Crippen LogP contribution is 2.29. The van der Waals surface area contributed by atoms with E-state index < -0.39 is 46.8 Å². The maximum atomic E-state index is 13.0. The molecule has 21 heteroatoms. The minimum Gasteiger partial charge on any atom is -0.444 e. The van der Waals surface area contributed by atoms with Crippen molar-refractivity contribution in [2.24, 2.45) is 5.11 Å². The normalized spacial score (nSPS) is 11.6. The zero-order chi connectivity index (χ0) is 46.2. The number of aliphatic hydroxyl groups excluding tert-OH is 1. The van der Waals surface area contributed by atoms with Crippen molar-refractivity contribution in [1.82, 2.24) is 34.1 Å². The van der Waals surface area contributed by atoms with Gasteiger partial charge in [-0.1, -0.05) is 46.7 Å². The van der Waals surface area contributed by atoms with Crippen LogP contribution in [0.2, 0.25) is 0 Å². The summed E-state index contributed by atoms with van der Waals surface area (Å²) in [6.45, 7) is 20.6. The van der Waals surface area contributed by atoms with Crippen molar-refractivity contribution in [3.63, 3.8) is 0 Å². The third-order valence-corrected chi connectivity index (χ3v) is 7.35. The summed E-state index contributed by atoms with van der Waals surface area (Å²) in [7, 11) is 0. The number of aromatic nitrogens is 7. The molecule has 3 heterocycles. The van der Waals surface area contributed by atoms with Gasteiger partial charge >= 0.3 is 24.4 Å². The van der Waals surface area contributed by atoms with E-state index in [1.165, 1.54) is 21.6 Å². The number of aliphatic hydroxyl groups is 1. The molecule has 5 aromatic rings. The number of ether oxygens (including phenoxy) is 4. The van der Waals surface area contributed by atoms with Gasteiger partial charge in [0.25, 0.3) is 0 Å². The molecule has 330 valence electrons. The van der Waals surface area contributed by atoms with Crippen LogP contribution in [0.3, 0.4) is 0 Å². The summed E-state index contributed by atoms with van der Waals surface area (Å²) in [5.41, 5.74) is 9.21. The first-order valence-electron chi connectivity index (χ1n) is 19.2. The van der Waals surface area contributed by atoms with Crippen LogP contribution >= 0.6 is 0 Å². The quantitative estimate of drug-likeness (QED) is 0.0597. The standard InChI is InChI=1S/C22H28N6O5.C19H24N6O4/c1-21(2,3)32-19(30)24-18-23-11-17(28(18)20(31)33-22(4,5)6)14-7-9-16(10-8-14)27-12-15(13-29)25-26-27;1-18(2,3)28-16(26)22-15-21-11-14(25(15)17(27)29-19(4,5)6)12-7-9-13(10-8-12)23-24-20/h7-12,29H,13H2,1-6H3,(H,23,24,30);7-11H,1-6H3,(H,21,22,26). The Morgan fingerprint density at radius 1 is 0.661 bits per heavy atom. The highest BCUT2D eigenvalue weighted by Gasteiger charge is 2.28. The molecule has 5 rings (SSSR count). The highest BCUT2D eigenvalue weighted by atomic mass is 16.6. The van der Waals surface area contributed by atoms with Crippen molar-refractivity contribution in [2.75, 3.05) is 10.6 Å². The fourth-order valence-electron chi connectivity index (χ4n) is 5.09. The third kappa shape index (κ3) is 13.9. The second kappa shape index (κ2) is 19.0. The zero-order valence-electron chi connectivity index (χ0n) is 36.7. The van der Waals surface area contributed by atoms with Crippen molar-refractivity contribution in [1.29, 1.82) is 0 Å². The molecule has 2 amide bonds. The van der Waals surface area contributed by atoms with Crippen LogP contribution in [0.15, 0.2) is 72.2 Å². The van der Waals surface area contributed by atoms with Crippen LogP contribution < -0.4 is 10.6 Å². The van der Waals surface area contributed by atoms with Gasteiger partial charge in [-0.2, -0.15) is 0 Å². The molecule has 3 N–H and O–H groups in total. The van der Waals surface area contributed by atoms with E-state index >= 15 is 0 Å². The number of carbonyl (C=O) groups excluding carboxylic acids is 4. The number of nitrogens with zero attached hydrogens (tertiary/aromatic N) is 10. The van der Waals surface area contributed by atoms with Gasteiger partial charge in [-0.15, -0.1) is 5.10 Å². The van der Waals surface area contributed by atoms with Gasteiger partial charge < -0.3 is 24.1 Å². The van der Waals surface area contributed by atoms with Crippen LogP contribution in [0.4, 0.5) is 36.8 Å². The van der Waals surface area contributed by atoms with Crippen LogP contribution in [0.1, 0.15) is 88.8 Å². The lowest BCUT2D eigenvalue weighted by Gasteiger charge is -2.22. The zero-order valence-corrected chi connectivity index (χ0v) is 36.7.